The minimum Gasteiger partial charge on any atom is -0.350 e. The van der Waals surface area contributed by atoms with E-state index in [4.69, 9.17) is 0 Å². The molecule has 17 heavy (non-hydrogen) atoms. The van der Waals surface area contributed by atoms with Crippen LogP contribution >= 0.6 is 0 Å². The fourth-order valence-corrected chi connectivity index (χ4v) is 1.36. The lowest BCUT2D eigenvalue weighted by atomic mass is 10.1. The fraction of sp³-hybridized carbons (Fsp3) is 0.545. The Morgan fingerprint density at radius 2 is 1.94 bits per heavy atom. The first-order valence-corrected chi connectivity index (χ1v) is 5.28. The molecule has 6 nitrogen and oxygen atoms in total. The number of nitrogens with zero attached hydrogens (tertiary/aromatic N) is 2. The maximum atomic E-state index is 11.6. The molecule has 0 spiro atoms. The average molecular weight is 239 g/mol. The number of nitrogens with one attached hydrogen (secondary N) is 1. The van der Waals surface area contributed by atoms with E-state index >= 15 is 0 Å². The predicted octanol–water partition coefficient (Wildman–Crippen LogP) is -0.538. The Labute approximate surface area is 98.9 Å². The summed E-state index contributed by atoms with van der Waals surface area (Å²) in [6, 6.07) is 1.26. The highest BCUT2D eigenvalue weighted by Crippen LogP contribution is 1.97. The van der Waals surface area contributed by atoms with Gasteiger partial charge in [-0.1, -0.05) is 0 Å². The standard InChI is InChI=1S/C11H17N3O3/c1-11(2,3)12-8(15)7-14-9(16)5-6-13(4)10(14)17/h5-6H,7H2,1-4H3,(H,12,15). The van der Waals surface area contributed by atoms with E-state index in [2.05, 4.69) is 5.32 Å². The van der Waals surface area contributed by atoms with Crippen molar-refractivity contribution in [3.8, 4) is 0 Å². The third-order valence-electron chi connectivity index (χ3n) is 2.06. The van der Waals surface area contributed by atoms with Crippen molar-refractivity contribution in [3.63, 3.8) is 0 Å². The number of carbonyl (C=O) groups excluding carboxylic acids is 1. The van der Waals surface area contributed by atoms with Gasteiger partial charge in [-0.2, -0.15) is 0 Å². The molecule has 1 amide bonds. The average Bonchev–Trinajstić information content (AvgIpc) is 2.16. The van der Waals surface area contributed by atoms with E-state index in [1.165, 1.54) is 23.9 Å². The highest BCUT2D eigenvalue weighted by atomic mass is 16.2. The molecular formula is C11H17N3O3. The van der Waals surface area contributed by atoms with Gasteiger partial charge in [0.25, 0.3) is 5.56 Å². The van der Waals surface area contributed by atoms with Gasteiger partial charge in [0.1, 0.15) is 6.54 Å². The van der Waals surface area contributed by atoms with Crippen LogP contribution in [-0.4, -0.2) is 20.6 Å². The van der Waals surface area contributed by atoms with Crippen molar-refractivity contribution >= 4 is 5.91 Å². The molecule has 0 fully saturated rings. The molecular weight excluding hydrogens is 222 g/mol. The van der Waals surface area contributed by atoms with Crippen LogP contribution in [0.1, 0.15) is 20.8 Å². The number of hydrogen-bond donors (Lipinski definition) is 1. The predicted molar refractivity (Wildman–Crippen MR) is 63.8 cm³/mol. The molecule has 0 saturated carbocycles. The van der Waals surface area contributed by atoms with Gasteiger partial charge >= 0.3 is 5.69 Å². The van der Waals surface area contributed by atoms with Crippen molar-refractivity contribution in [3.05, 3.63) is 33.1 Å². The Hall–Kier alpha value is -1.85. The summed E-state index contributed by atoms with van der Waals surface area (Å²) in [5.74, 6) is -0.358. The number of hydrogen-bond acceptors (Lipinski definition) is 3. The van der Waals surface area contributed by atoms with Gasteiger partial charge in [0.05, 0.1) is 0 Å². The van der Waals surface area contributed by atoms with Gasteiger partial charge in [-0.25, -0.2) is 4.79 Å². The van der Waals surface area contributed by atoms with E-state index in [0.717, 1.165) is 4.57 Å². The van der Waals surface area contributed by atoms with E-state index in [1.54, 1.807) is 0 Å². The van der Waals surface area contributed by atoms with Crippen LogP contribution in [0.2, 0.25) is 0 Å². The zero-order valence-corrected chi connectivity index (χ0v) is 10.5. The zero-order chi connectivity index (χ0) is 13.2. The van der Waals surface area contributed by atoms with Crippen molar-refractivity contribution in [1.29, 1.82) is 0 Å². The summed E-state index contributed by atoms with van der Waals surface area (Å²) in [7, 11) is 1.53. The van der Waals surface area contributed by atoms with Crippen LogP contribution in [0, 0.1) is 0 Å². The number of aryl methyl sites for hydroxylation is 1. The molecule has 0 aliphatic heterocycles. The second kappa shape index (κ2) is 4.57. The van der Waals surface area contributed by atoms with Crippen molar-refractivity contribution in [2.24, 2.45) is 7.05 Å². The molecule has 0 aromatic carbocycles. The molecule has 0 aliphatic carbocycles. The number of amides is 1. The molecule has 6 heteroatoms. The first-order chi connectivity index (χ1) is 7.70. The lowest BCUT2D eigenvalue weighted by Gasteiger charge is -2.20. The van der Waals surface area contributed by atoms with E-state index in [-0.39, 0.29) is 18.0 Å². The molecule has 1 aromatic heterocycles. The summed E-state index contributed by atoms with van der Waals surface area (Å²) in [4.78, 5) is 34.7. The summed E-state index contributed by atoms with van der Waals surface area (Å²) in [5, 5.41) is 2.69. The van der Waals surface area contributed by atoms with Crippen LogP contribution in [0.4, 0.5) is 0 Å². The maximum Gasteiger partial charge on any atom is 0.331 e. The Morgan fingerprint density at radius 1 is 1.35 bits per heavy atom. The molecule has 0 bridgehead atoms. The summed E-state index contributed by atoms with van der Waals surface area (Å²) in [5.41, 5.74) is -1.36. The van der Waals surface area contributed by atoms with E-state index in [9.17, 15) is 14.4 Å². The highest BCUT2D eigenvalue weighted by molar-refractivity contribution is 5.76. The van der Waals surface area contributed by atoms with E-state index < -0.39 is 11.2 Å². The molecule has 94 valence electrons. The van der Waals surface area contributed by atoms with E-state index in [0.29, 0.717) is 0 Å². The Bertz CT molecular complexity index is 534. The fourth-order valence-electron chi connectivity index (χ4n) is 1.36. The van der Waals surface area contributed by atoms with Crippen LogP contribution < -0.4 is 16.6 Å². The van der Waals surface area contributed by atoms with Crippen LogP contribution in [0.5, 0.6) is 0 Å². The van der Waals surface area contributed by atoms with Gasteiger partial charge in [0.2, 0.25) is 5.91 Å². The maximum absolute atomic E-state index is 11.6. The Morgan fingerprint density at radius 3 is 2.47 bits per heavy atom. The van der Waals surface area contributed by atoms with Gasteiger partial charge < -0.3 is 9.88 Å². The lowest BCUT2D eigenvalue weighted by molar-refractivity contribution is -0.123. The largest absolute Gasteiger partial charge is 0.350 e. The molecule has 0 saturated heterocycles. The molecule has 0 aliphatic rings. The number of rotatable bonds is 2. The van der Waals surface area contributed by atoms with Crippen LogP contribution in [0.3, 0.4) is 0 Å². The molecule has 1 N–H and O–H groups in total. The molecule has 1 aromatic rings. The molecule has 0 radical (unpaired) electrons. The first-order valence-electron chi connectivity index (χ1n) is 5.28. The summed E-state index contributed by atoms with van der Waals surface area (Å²) >= 11 is 0. The SMILES string of the molecule is Cn1ccc(=O)n(CC(=O)NC(C)(C)C)c1=O. The Balaban J connectivity index is 2.97. The van der Waals surface area contributed by atoms with Gasteiger partial charge in [-0.15, -0.1) is 0 Å². The minimum absolute atomic E-state index is 0.260. The van der Waals surface area contributed by atoms with Gasteiger partial charge in [-0.3, -0.25) is 14.2 Å². The zero-order valence-electron chi connectivity index (χ0n) is 10.5. The number of aromatic nitrogens is 2. The lowest BCUT2D eigenvalue weighted by Crippen LogP contribution is -2.47. The summed E-state index contributed by atoms with van der Waals surface area (Å²) in [6.45, 7) is 5.23. The normalized spacial score (nSPS) is 11.3. The second-order valence-corrected chi connectivity index (χ2v) is 4.93. The first kappa shape index (κ1) is 13.2. The van der Waals surface area contributed by atoms with Crippen LogP contribution in [0.15, 0.2) is 21.9 Å². The van der Waals surface area contributed by atoms with Crippen molar-refractivity contribution in [2.75, 3.05) is 0 Å². The van der Waals surface area contributed by atoms with Gasteiger partial charge in [-0.05, 0) is 20.8 Å². The monoisotopic (exact) mass is 239 g/mol. The molecule has 1 heterocycles. The van der Waals surface area contributed by atoms with Crippen LogP contribution in [0.25, 0.3) is 0 Å². The van der Waals surface area contributed by atoms with E-state index in [1.807, 2.05) is 20.8 Å². The minimum atomic E-state index is -0.499. The van der Waals surface area contributed by atoms with Crippen molar-refractivity contribution in [2.45, 2.75) is 32.9 Å². The smallest absolute Gasteiger partial charge is 0.331 e. The van der Waals surface area contributed by atoms with Gasteiger partial charge in [0.15, 0.2) is 0 Å². The summed E-state index contributed by atoms with van der Waals surface area (Å²) in [6.07, 6.45) is 1.38. The molecule has 0 atom stereocenters. The van der Waals surface area contributed by atoms with Crippen molar-refractivity contribution < 1.29 is 4.79 Å². The third kappa shape index (κ3) is 3.58. The Kier molecular flexibility index (Phi) is 3.55. The quantitative estimate of drug-likeness (QED) is 0.753. The van der Waals surface area contributed by atoms with Crippen molar-refractivity contribution in [1.82, 2.24) is 14.5 Å². The van der Waals surface area contributed by atoms with Gasteiger partial charge in [0, 0.05) is 24.8 Å². The molecule has 0 unspecified atom stereocenters. The summed E-state index contributed by atoms with van der Waals surface area (Å²) < 4.78 is 2.16. The third-order valence-corrected chi connectivity index (χ3v) is 2.06. The second-order valence-electron chi connectivity index (χ2n) is 4.93. The topological polar surface area (TPSA) is 73.1 Å². The number of carbonyl (C=O) groups is 1. The molecule has 1 rings (SSSR count). The van der Waals surface area contributed by atoms with Crippen LogP contribution in [-0.2, 0) is 18.4 Å². The highest BCUT2D eigenvalue weighted by Gasteiger charge is 2.15.